The first-order valence-corrected chi connectivity index (χ1v) is 3.68. The molecule has 0 radical (unpaired) electrons. The zero-order valence-electron chi connectivity index (χ0n) is 5.89. The third kappa shape index (κ3) is 0.921. The number of fused-ring (bicyclic) bond motifs is 1. The second-order valence-electron chi connectivity index (χ2n) is 3.52. The topological polar surface area (TPSA) is 43.1 Å². The number of amides is 1. The quantitative estimate of drug-likeness (QED) is 0.606. The van der Waals surface area contributed by atoms with Gasteiger partial charge in [0.25, 0.3) is 0 Å². The highest BCUT2D eigenvalue weighted by Gasteiger charge is 2.64. The van der Waals surface area contributed by atoms with Crippen molar-refractivity contribution < 1.29 is 13.6 Å². The van der Waals surface area contributed by atoms with Crippen LogP contribution in [-0.2, 0) is 4.79 Å². The smallest absolute Gasteiger partial charge is 0.248 e. The predicted octanol–water partition coefficient (Wildman–Crippen LogP) is 0.763. The molecule has 3 atom stereocenters. The van der Waals surface area contributed by atoms with Crippen LogP contribution in [0.1, 0.15) is 12.8 Å². The highest BCUT2D eigenvalue weighted by Crippen LogP contribution is 2.62. The van der Waals surface area contributed by atoms with Gasteiger partial charge in [0, 0.05) is 18.8 Å². The maximum Gasteiger partial charge on any atom is 0.248 e. The SMILES string of the molecule is NC(=O)C1[C@H]2CC(F)(F)C[C@@H]12. The summed E-state index contributed by atoms with van der Waals surface area (Å²) >= 11 is 0. The molecule has 0 bridgehead atoms. The Balaban J connectivity index is 2.01. The first-order chi connectivity index (χ1) is 5.01. The number of hydrogen-bond acceptors (Lipinski definition) is 1. The summed E-state index contributed by atoms with van der Waals surface area (Å²) in [6, 6.07) is 0. The molecule has 2 aliphatic carbocycles. The Labute approximate surface area is 62.7 Å². The van der Waals surface area contributed by atoms with Gasteiger partial charge in [0.15, 0.2) is 0 Å². The molecule has 0 aromatic rings. The minimum absolute atomic E-state index is 0.109. The van der Waals surface area contributed by atoms with Crippen LogP contribution in [0.25, 0.3) is 0 Å². The number of nitrogens with two attached hydrogens (primary N) is 1. The molecule has 2 saturated carbocycles. The molecule has 0 aromatic carbocycles. The van der Waals surface area contributed by atoms with Gasteiger partial charge in [-0.05, 0) is 11.8 Å². The predicted molar refractivity (Wildman–Crippen MR) is 33.8 cm³/mol. The van der Waals surface area contributed by atoms with Crippen LogP contribution in [0.5, 0.6) is 0 Å². The number of carbonyl (C=O) groups is 1. The van der Waals surface area contributed by atoms with Gasteiger partial charge in [0.1, 0.15) is 0 Å². The third-order valence-corrected chi connectivity index (χ3v) is 2.73. The van der Waals surface area contributed by atoms with E-state index in [9.17, 15) is 13.6 Å². The van der Waals surface area contributed by atoms with Gasteiger partial charge in [-0.25, -0.2) is 8.78 Å². The average Bonchev–Trinajstić information content (AvgIpc) is 2.31. The third-order valence-electron chi connectivity index (χ3n) is 2.73. The lowest BCUT2D eigenvalue weighted by molar-refractivity contribution is -0.120. The van der Waals surface area contributed by atoms with Gasteiger partial charge in [-0.3, -0.25) is 4.79 Å². The summed E-state index contributed by atoms with van der Waals surface area (Å²) in [4.78, 5) is 10.6. The van der Waals surface area contributed by atoms with Gasteiger partial charge in [0.05, 0.1) is 0 Å². The van der Waals surface area contributed by atoms with Crippen molar-refractivity contribution >= 4 is 5.91 Å². The molecule has 2 rings (SSSR count). The maximum absolute atomic E-state index is 12.5. The molecule has 1 unspecified atom stereocenters. The van der Waals surface area contributed by atoms with Crippen molar-refractivity contribution in [2.24, 2.45) is 23.5 Å². The largest absolute Gasteiger partial charge is 0.369 e. The van der Waals surface area contributed by atoms with Crippen LogP contribution in [0.15, 0.2) is 0 Å². The zero-order chi connectivity index (χ0) is 8.22. The highest BCUT2D eigenvalue weighted by atomic mass is 19.3. The molecule has 0 saturated heterocycles. The lowest BCUT2D eigenvalue weighted by Crippen LogP contribution is -2.21. The van der Waals surface area contributed by atoms with Gasteiger partial charge in [-0.15, -0.1) is 0 Å². The molecule has 1 amide bonds. The van der Waals surface area contributed by atoms with E-state index in [1.165, 1.54) is 0 Å². The number of primary amides is 1. The van der Waals surface area contributed by atoms with Crippen molar-refractivity contribution in [1.82, 2.24) is 0 Å². The van der Waals surface area contributed by atoms with Crippen molar-refractivity contribution in [1.29, 1.82) is 0 Å². The fraction of sp³-hybridized carbons (Fsp3) is 0.857. The maximum atomic E-state index is 12.5. The second-order valence-corrected chi connectivity index (χ2v) is 3.52. The van der Waals surface area contributed by atoms with Crippen LogP contribution in [0.2, 0.25) is 0 Å². The van der Waals surface area contributed by atoms with Gasteiger partial charge in [0.2, 0.25) is 11.8 Å². The zero-order valence-corrected chi connectivity index (χ0v) is 5.89. The van der Waals surface area contributed by atoms with Gasteiger partial charge in [-0.1, -0.05) is 0 Å². The molecular formula is C7H9F2NO. The molecule has 4 heteroatoms. The van der Waals surface area contributed by atoms with Gasteiger partial charge >= 0.3 is 0 Å². The Morgan fingerprint density at radius 2 is 1.82 bits per heavy atom. The fourth-order valence-corrected chi connectivity index (χ4v) is 2.20. The van der Waals surface area contributed by atoms with Crippen LogP contribution >= 0.6 is 0 Å². The summed E-state index contributed by atoms with van der Waals surface area (Å²) in [7, 11) is 0. The van der Waals surface area contributed by atoms with Crippen LogP contribution in [0, 0.1) is 17.8 Å². The summed E-state index contributed by atoms with van der Waals surface area (Å²) in [6.45, 7) is 0. The van der Waals surface area contributed by atoms with E-state index in [1.807, 2.05) is 0 Å². The summed E-state index contributed by atoms with van der Waals surface area (Å²) in [5, 5.41) is 0. The first kappa shape index (κ1) is 7.00. The molecular weight excluding hydrogens is 152 g/mol. The number of alkyl halides is 2. The van der Waals surface area contributed by atoms with Crippen molar-refractivity contribution in [3.63, 3.8) is 0 Å². The van der Waals surface area contributed by atoms with Crippen LogP contribution < -0.4 is 5.73 Å². The average molecular weight is 161 g/mol. The molecule has 2 fully saturated rings. The Kier molecular flexibility index (Phi) is 1.10. The normalized spacial score (nSPS) is 45.1. The lowest BCUT2D eigenvalue weighted by Gasteiger charge is -2.10. The highest BCUT2D eigenvalue weighted by molar-refractivity contribution is 5.80. The minimum Gasteiger partial charge on any atom is -0.369 e. The Morgan fingerprint density at radius 1 is 1.36 bits per heavy atom. The van der Waals surface area contributed by atoms with E-state index < -0.39 is 11.8 Å². The summed E-state index contributed by atoms with van der Waals surface area (Å²) < 4.78 is 25.0. The van der Waals surface area contributed by atoms with E-state index >= 15 is 0 Å². The molecule has 62 valence electrons. The fourth-order valence-electron chi connectivity index (χ4n) is 2.20. The van der Waals surface area contributed by atoms with Gasteiger partial charge in [-0.2, -0.15) is 0 Å². The summed E-state index contributed by atoms with van der Waals surface area (Å²) in [5.41, 5.74) is 4.99. The molecule has 0 aliphatic heterocycles. The molecule has 2 nitrogen and oxygen atoms in total. The number of carbonyl (C=O) groups excluding carboxylic acids is 1. The van der Waals surface area contributed by atoms with Gasteiger partial charge < -0.3 is 5.73 Å². The van der Waals surface area contributed by atoms with Crippen LogP contribution in [0.3, 0.4) is 0 Å². The molecule has 2 N–H and O–H groups in total. The number of hydrogen-bond donors (Lipinski definition) is 1. The van der Waals surface area contributed by atoms with Crippen LogP contribution in [-0.4, -0.2) is 11.8 Å². The number of rotatable bonds is 1. The molecule has 0 aromatic heterocycles. The van der Waals surface area contributed by atoms with E-state index in [0.29, 0.717) is 0 Å². The number of halogens is 2. The molecule has 11 heavy (non-hydrogen) atoms. The lowest BCUT2D eigenvalue weighted by atomic mass is 10.1. The van der Waals surface area contributed by atoms with E-state index in [-0.39, 0.29) is 30.6 Å². The van der Waals surface area contributed by atoms with E-state index in [1.54, 1.807) is 0 Å². The van der Waals surface area contributed by atoms with E-state index in [4.69, 9.17) is 5.73 Å². The van der Waals surface area contributed by atoms with Crippen molar-refractivity contribution in [2.75, 3.05) is 0 Å². The van der Waals surface area contributed by atoms with E-state index in [2.05, 4.69) is 0 Å². The van der Waals surface area contributed by atoms with E-state index in [0.717, 1.165) is 0 Å². The Hall–Kier alpha value is -0.670. The minimum atomic E-state index is -2.53. The molecule has 0 spiro atoms. The summed E-state index contributed by atoms with van der Waals surface area (Å²) in [6.07, 6.45) is -0.267. The summed E-state index contributed by atoms with van der Waals surface area (Å²) in [5.74, 6) is -3.39. The second kappa shape index (κ2) is 1.73. The van der Waals surface area contributed by atoms with Crippen molar-refractivity contribution in [2.45, 2.75) is 18.8 Å². The molecule has 2 aliphatic rings. The first-order valence-electron chi connectivity index (χ1n) is 3.68. The van der Waals surface area contributed by atoms with Crippen molar-refractivity contribution in [3.8, 4) is 0 Å². The Morgan fingerprint density at radius 3 is 2.18 bits per heavy atom. The Bertz CT molecular complexity index is 202. The standard InChI is InChI=1S/C7H9F2NO/c8-7(9)1-3-4(2-7)5(3)6(10)11/h3-5H,1-2H2,(H2,10,11)/t3-,4+,5?. The molecule has 0 heterocycles. The monoisotopic (exact) mass is 161 g/mol. The van der Waals surface area contributed by atoms with Crippen molar-refractivity contribution in [3.05, 3.63) is 0 Å². The van der Waals surface area contributed by atoms with Crippen LogP contribution in [0.4, 0.5) is 8.78 Å².